The lowest BCUT2D eigenvalue weighted by atomic mass is 9.74. The summed E-state index contributed by atoms with van der Waals surface area (Å²) in [6.07, 6.45) is 4.66. The molecule has 0 fully saturated rings. The standard InChI is InChI=1S/C15H21NO/c1-2-3-8-14(16)15(17)10-12-9-11-6-4-5-7-13(11)12/h4-7,12,14H,2-3,8-10,16H2,1H3. The monoisotopic (exact) mass is 231 g/mol. The molecule has 17 heavy (non-hydrogen) atoms. The van der Waals surface area contributed by atoms with Crippen LogP contribution in [0, 0.1) is 0 Å². The molecule has 0 bridgehead atoms. The third-order valence-corrected chi connectivity index (χ3v) is 3.69. The van der Waals surface area contributed by atoms with Crippen molar-refractivity contribution in [1.82, 2.24) is 0 Å². The molecule has 1 aromatic carbocycles. The van der Waals surface area contributed by atoms with E-state index in [2.05, 4.69) is 25.1 Å². The summed E-state index contributed by atoms with van der Waals surface area (Å²) in [6.45, 7) is 2.12. The smallest absolute Gasteiger partial charge is 0.150 e. The molecule has 2 atom stereocenters. The minimum absolute atomic E-state index is 0.234. The highest BCUT2D eigenvalue weighted by Crippen LogP contribution is 2.37. The van der Waals surface area contributed by atoms with Crippen LogP contribution in [-0.2, 0) is 11.2 Å². The van der Waals surface area contributed by atoms with Gasteiger partial charge >= 0.3 is 0 Å². The fourth-order valence-corrected chi connectivity index (χ4v) is 2.52. The zero-order valence-electron chi connectivity index (χ0n) is 10.5. The molecule has 2 N–H and O–H groups in total. The van der Waals surface area contributed by atoms with Crippen molar-refractivity contribution >= 4 is 5.78 Å². The fraction of sp³-hybridized carbons (Fsp3) is 0.533. The first-order valence-electron chi connectivity index (χ1n) is 6.58. The summed E-state index contributed by atoms with van der Waals surface area (Å²) < 4.78 is 0. The molecule has 0 saturated carbocycles. The van der Waals surface area contributed by atoms with Crippen LogP contribution in [0.15, 0.2) is 24.3 Å². The van der Waals surface area contributed by atoms with E-state index in [0.29, 0.717) is 12.3 Å². The topological polar surface area (TPSA) is 43.1 Å². The van der Waals surface area contributed by atoms with Gasteiger partial charge in [-0.15, -0.1) is 0 Å². The van der Waals surface area contributed by atoms with Gasteiger partial charge in [0.2, 0.25) is 0 Å². The Bertz CT molecular complexity index is 400. The summed E-state index contributed by atoms with van der Waals surface area (Å²) in [5.41, 5.74) is 8.65. The molecular weight excluding hydrogens is 210 g/mol. The average Bonchev–Trinajstić information content (AvgIpc) is 2.32. The Kier molecular flexibility index (Phi) is 3.95. The maximum atomic E-state index is 11.9. The number of fused-ring (bicyclic) bond motifs is 1. The first kappa shape index (κ1) is 12.3. The van der Waals surface area contributed by atoms with E-state index < -0.39 is 0 Å². The van der Waals surface area contributed by atoms with E-state index in [0.717, 1.165) is 25.7 Å². The lowest BCUT2D eigenvalue weighted by Gasteiger charge is -2.30. The van der Waals surface area contributed by atoms with Gasteiger partial charge in [-0.2, -0.15) is 0 Å². The number of hydrogen-bond donors (Lipinski definition) is 1. The second kappa shape index (κ2) is 5.46. The molecule has 0 radical (unpaired) electrons. The number of Topliss-reactive ketones (excluding diaryl/α,β-unsaturated/α-hetero) is 1. The summed E-state index contributed by atoms with van der Waals surface area (Å²) in [4.78, 5) is 11.9. The maximum absolute atomic E-state index is 11.9. The van der Waals surface area contributed by atoms with Gasteiger partial charge in [-0.3, -0.25) is 4.79 Å². The predicted octanol–water partition coefficient (Wildman–Crippen LogP) is 2.80. The van der Waals surface area contributed by atoms with Gasteiger partial charge in [-0.25, -0.2) is 0 Å². The first-order valence-corrected chi connectivity index (χ1v) is 6.58. The Morgan fingerprint density at radius 2 is 2.24 bits per heavy atom. The number of rotatable bonds is 6. The molecule has 0 heterocycles. The molecule has 1 aromatic rings. The zero-order valence-corrected chi connectivity index (χ0v) is 10.5. The molecule has 2 heteroatoms. The second-order valence-corrected chi connectivity index (χ2v) is 5.02. The van der Waals surface area contributed by atoms with Gasteiger partial charge in [0.05, 0.1) is 6.04 Å². The number of unbranched alkanes of at least 4 members (excludes halogenated alkanes) is 1. The molecule has 1 aliphatic carbocycles. The van der Waals surface area contributed by atoms with Gasteiger partial charge in [-0.05, 0) is 29.9 Å². The van der Waals surface area contributed by atoms with Crippen molar-refractivity contribution in [3.63, 3.8) is 0 Å². The molecule has 2 rings (SSSR count). The van der Waals surface area contributed by atoms with Crippen LogP contribution in [0.3, 0.4) is 0 Å². The summed E-state index contributed by atoms with van der Waals surface area (Å²) in [6, 6.07) is 8.14. The highest BCUT2D eigenvalue weighted by atomic mass is 16.1. The van der Waals surface area contributed by atoms with Gasteiger partial charge in [0.15, 0.2) is 0 Å². The van der Waals surface area contributed by atoms with E-state index in [1.807, 2.05) is 6.07 Å². The van der Waals surface area contributed by atoms with Crippen molar-refractivity contribution in [2.45, 2.75) is 51.0 Å². The van der Waals surface area contributed by atoms with E-state index in [1.165, 1.54) is 11.1 Å². The van der Waals surface area contributed by atoms with Crippen molar-refractivity contribution in [2.24, 2.45) is 5.73 Å². The number of hydrogen-bond acceptors (Lipinski definition) is 2. The van der Waals surface area contributed by atoms with Gasteiger partial charge in [0, 0.05) is 6.42 Å². The van der Waals surface area contributed by atoms with Crippen LogP contribution in [0.4, 0.5) is 0 Å². The van der Waals surface area contributed by atoms with E-state index in [1.54, 1.807) is 0 Å². The largest absolute Gasteiger partial charge is 0.322 e. The molecule has 0 aromatic heterocycles. The third-order valence-electron chi connectivity index (χ3n) is 3.69. The highest BCUT2D eigenvalue weighted by Gasteiger charge is 2.28. The molecule has 0 spiro atoms. The number of carbonyl (C=O) groups is 1. The molecule has 2 nitrogen and oxygen atoms in total. The number of benzene rings is 1. The van der Waals surface area contributed by atoms with Gasteiger partial charge < -0.3 is 5.73 Å². The van der Waals surface area contributed by atoms with Crippen molar-refractivity contribution in [3.05, 3.63) is 35.4 Å². The molecule has 0 saturated heterocycles. The normalized spacial score (nSPS) is 19.3. The lowest BCUT2D eigenvalue weighted by molar-refractivity contribution is -0.120. The molecule has 92 valence electrons. The fourth-order valence-electron chi connectivity index (χ4n) is 2.52. The Morgan fingerprint density at radius 3 is 2.94 bits per heavy atom. The predicted molar refractivity (Wildman–Crippen MR) is 70.0 cm³/mol. The Morgan fingerprint density at radius 1 is 1.47 bits per heavy atom. The van der Waals surface area contributed by atoms with Gasteiger partial charge in [0.1, 0.15) is 5.78 Å². The lowest BCUT2D eigenvalue weighted by Crippen LogP contribution is -2.33. The Hall–Kier alpha value is -1.15. The van der Waals surface area contributed by atoms with Crippen molar-refractivity contribution in [3.8, 4) is 0 Å². The number of carbonyl (C=O) groups excluding carboxylic acids is 1. The van der Waals surface area contributed by atoms with Crippen LogP contribution in [0.25, 0.3) is 0 Å². The van der Waals surface area contributed by atoms with Crippen LogP contribution in [0.1, 0.15) is 49.7 Å². The minimum atomic E-state index is -0.247. The van der Waals surface area contributed by atoms with Gasteiger partial charge in [0.25, 0.3) is 0 Å². The number of ketones is 1. The SMILES string of the molecule is CCCCC(N)C(=O)CC1Cc2ccccc21. The van der Waals surface area contributed by atoms with E-state index in [-0.39, 0.29) is 11.8 Å². The van der Waals surface area contributed by atoms with Crippen LogP contribution in [-0.4, -0.2) is 11.8 Å². The van der Waals surface area contributed by atoms with E-state index in [4.69, 9.17) is 5.73 Å². The average molecular weight is 231 g/mol. The molecule has 0 amide bonds. The molecule has 1 aliphatic rings. The first-order chi connectivity index (χ1) is 8.22. The summed E-state index contributed by atoms with van der Waals surface area (Å²) in [5, 5.41) is 0. The van der Waals surface area contributed by atoms with E-state index in [9.17, 15) is 4.79 Å². The number of nitrogens with two attached hydrogens (primary N) is 1. The van der Waals surface area contributed by atoms with Crippen molar-refractivity contribution in [1.29, 1.82) is 0 Å². The molecule has 0 aliphatic heterocycles. The maximum Gasteiger partial charge on any atom is 0.150 e. The summed E-state index contributed by atoms with van der Waals surface area (Å²) in [5.74, 6) is 0.657. The van der Waals surface area contributed by atoms with Crippen molar-refractivity contribution < 1.29 is 4.79 Å². The highest BCUT2D eigenvalue weighted by molar-refractivity contribution is 5.84. The van der Waals surface area contributed by atoms with Crippen LogP contribution >= 0.6 is 0 Å². The van der Waals surface area contributed by atoms with E-state index >= 15 is 0 Å². The summed E-state index contributed by atoms with van der Waals surface area (Å²) >= 11 is 0. The Labute approximate surface area is 103 Å². The van der Waals surface area contributed by atoms with Crippen LogP contribution < -0.4 is 5.73 Å². The minimum Gasteiger partial charge on any atom is -0.322 e. The quantitative estimate of drug-likeness (QED) is 0.818. The van der Waals surface area contributed by atoms with Crippen LogP contribution in [0.5, 0.6) is 0 Å². The molecular formula is C15H21NO. The molecule has 2 unspecified atom stereocenters. The van der Waals surface area contributed by atoms with Crippen LogP contribution in [0.2, 0.25) is 0 Å². The summed E-state index contributed by atoms with van der Waals surface area (Å²) in [7, 11) is 0. The van der Waals surface area contributed by atoms with Crippen molar-refractivity contribution in [2.75, 3.05) is 0 Å². The zero-order chi connectivity index (χ0) is 12.3. The second-order valence-electron chi connectivity index (χ2n) is 5.02. The third kappa shape index (κ3) is 2.75. The van der Waals surface area contributed by atoms with Gasteiger partial charge in [-0.1, -0.05) is 44.0 Å². The Balaban J connectivity index is 1.85.